The van der Waals surface area contributed by atoms with Crippen LogP contribution in [-0.4, -0.2) is 15.2 Å². The molecule has 0 spiro atoms. The summed E-state index contributed by atoms with van der Waals surface area (Å²) < 4.78 is 0. The number of aryl methyl sites for hydroxylation is 1. The zero-order valence-electron chi connectivity index (χ0n) is 6.03. The molecule has 0 radical (unpaired) electrons. The normalized spacial score (nSPS) is 10.3. The monoisotopic (exact) mass is 165 g/mol. The van der Waals surface area contributed by atoms with Crippen LogP contribution in [-0.2, 0) is 0 Å². The average molecular weight is 165 g/mol. The number of thiophene rings is 1. The predicted molar refractivity (Wildman–Crippen MR) is 44.4 cm³/mol. The Labute approximate surface area is 68.1 Å². The van der Waals surface area contributed by atoms with Crippen molar-refractivity contribution in [2.75, 3.05) is 0 Å². The molecule has 0 aromatic carbocycles. The smallest absolute Gasteiger partial charge is 0.190 e. The quantitative estimate of drug-likeness (QED) is 0.700. The van der Waals surface area contributed by atoms with E-state index >= 15 is 0 Å². The maximum absolute atomic E-state index is 4.04. The van der Waals surface area contributed by atoms with Gasteiger partial charge >= 0.3 is 0 Å². The summed E-state index contributed by atoms with van der Waals surface area (Å²) in [5, 5.41) is 8.75. The highest BCUT2D eigenvalue weighted by atomic mass is 32.1. The number of nitrogens with zero attached hydrogens (tertiary/aromatic N) is 2. The van der Waals surface area contributed by atoms with Gasteiger partial charge in [-0.05, 0) is 23.9 Å². The van der Waals surface area contributed by atoms with E-state index in [4.69, 9.17) is 0 Å². The lowest BCUT2D eigenvalue weighted by Gasteiger charge is -1.82. The molecule has 2 aromatic heterocycles. The molecule has 0 saturated heterocycles. The van der Waals surface area contributed by atoms with Crippen molar-refractivity contribution in [2.45, 2.75) is 6.92 Å². The summed E-state index contributed by atoms with van der Waals surface area (Å²) in [5.41, 5.74) is 1.26. The Kier molecular flexibility index (Phi) is 1.47. The molecule has 0 aliphatic carbocycles. The summed E-state index contributed by atoms with van der Waals surface area (Å²) in [6.45, 7) is 2.06. The van der Waals surface area contributed by atoms with Crippen molar-refractivity contribution in [3.8, 4) is 10.7 Å². The number of rotatable bonds is 1. The minimum Gasteiger partial charge on any atom is -0.265 e. The largest absolute Gasteiger partial charge is 0.265 e. The number of aromatic amines is 1. The molecule has 0 fully saturated rings. The third-order valence-electron chi connectivity index (χ3n) is 1.37. The third kappa shape index (κ3) is 1.17. The van der Waals surface area contributed by atoms with E-state index in [2.05, 4.69) is 33.6 Å². The topological polar surface area (TPSA) is 41.6 Å². The summed E-state index contributed by atoms with van der Waals surface area (Å²) in [6, 6.07) is 2.08. The van der Waals surface area contributed by atoms with E-state index in [1.165, 1.54) is 5.56 Å². The van der Waals surface area contributed by atoms with E-state index in [-0.39, 0.29) is 0 Å². The van der Waals surface area contributed by atoms with Gasteiger partial charge in [0.25, 0.3) is 0 Å². The molecule has 2 rings (SSSR count). The van der Waals surface area contributed by atoms with Gasteiger partial charge in [-0.25, -0.2) is 4.98 Å². The summed E-state index contributed by atoms with van der Waals surface area (Å²) in [6.07, 6.45) is 1.59. The molecule has 4 heteroatoms. The van der Waals surface area contributed by atoms with E-state index in [1.54, 1.807) is 17.7 Å². The van der Waals surface area contributed by atoms with Gasteiger partial charge in [0, 0.05) is 0 Å². The van der Waals surface area contributed by atoms with Crippen LogP contribution in [0.15, 0.2) is 17.8 Å². The van der Waals surface area contributed by atoms with Crippen LogP contribution in [0.2, 0.25) is 0 Å². The standard InChI is InChI=1S/C7H7N3S/c1-5-2-6(11-3-5)7-8-4-9-10-7/h2-4H,1H3,(H,8,9,10). The number of hydrogen-bond acceptors (Lipinski definition) is 3. The van der Waals surface area contributed by atoms with Crippen LogP contribution in [0.4, 0.5) is 0 Å². The first-order chi connectivity index (χ1) is 5.36. The van der Waals surface area contributed by atoms with Gasteiger partial charge in [-0.15, -0.1) is 11.3 Å². The lowest BCUT2D eigenvalue weighted by atomic mass is 10.3. The van der Waals surface area contributed by atoms with Gasteiger partial charge in [0.05, 0.1) is 4.88 Å². The molecule has 0 saturated carbocycles. The van der Waals surface area contributed by atoms with Crippen molar-refractivity contribution >= 4 is 11.3 Å². The first kappa shape index (κ1) is 6.54. The van der Waals surface area contributed by atoms with E-state index < -0.39 is 0 Å². The molecular formula is C7H7N3S. The molecular weight excluding hydrogens is 158 g/mol. The van der Waals surface area contributed by atoms with Gasteiger partial charge < -0.3 is 0 Å². The van der Waals surface area contributed by atoms with Crippen LogP contribution in [0.5, 0.6) is 0 Å². The van der Waals surface area contributed by atoms with Crippen LogP contribution in [0, 0.1) is 6.92 Å². The molecule has 1 N–H and O–H groups in total. The molecule has 0 amide bonds. The molecule has 3 nitrogen and oxygen atoms in total. The molecule has 0 aliphatic heterocycles. The first-order valence-electron chi connectivity index (χ1n) is 3.27. The molecule has 0 bridgehead atoms. The predicted octanol–water partition coefficient (Wildman–Crippen LogP) is 1.84. The van der Waals surface area contributed by atoms with Crippen molar-refractivity contribution in [3.63, 3.8) is 0 Å². The fourth-order valence-corrected chi connectivity index (χ4v) is 1.71. The summed E-state index contributed by atoms with van der Waals surface area (Å²) in [5.74, 6) is 0.781. The van der Waals surface area contributed by atoms with Crippen LogP contribution in [0.3, 0.4) is 0 Å². The Morgan fingerprint density at radius 3 is 3.00 bits per heavy atom. The van der Waals surface area contributed by atoms with Crippen molar-refractivity contribution < 1.29 is 0 Å². The second-order valence-electron chi connectivity index (χ2n) is 2.31. The molecule has 2 aromatic rings. The van der Waals surface area contributed by atoms with Crippen LogP contribution in [0.1, 0.15) is 5.56 Å². The van der Waals surface area contributed by atoms with E-state index in [0.717, 1.165) is 10.7 Å². The molecule has 0 aliphatic rings. The van der Waals surface area contributed by atoms with Crippen molar-refractivity contribution in [1.29, 1.82) is 0 Å². The van der Waals surface area contributed by atoms with Gasteiger partial charge in [-0.3, -0.25) is 5.10 Å². The Morgan fingerprint density at radius 1 is 1.55 bits per heavy atom. The Balaban J connectivity index is 2.45. The van der Waals surface area contributed by atoms with Gasteiger partial charge in [-0.1, -0.05) is 0 Å². The second kappa shape index (κ2) is 2.47. The first-order valence-corrected chi connectivity index (χ1v) is 4.15. The maximum Gasteiger partial charge on any atom is 0.190 e. The lowest BCUT2D eigenvalue weighted by Crippen LogP contribution is -1.73. The molecule has 0 unspecified atom stereocenters. The van der Waals surface area contributed by atoms with E-state index in [1.807, 2.05) is 0 Å². The van der Waals surface area contributed by atoms with E-state index in [9.17, 15) is 0 Å². The summed E-state index contributed by atoms with van der Waals surface area (Å²) >= 11 is 1.66. The Morgan fingerprint density at radius 2 is 2.45 bits per heavy atom. The van der Waals surface area contributed by atoms with Crippen molar-refractivity contribution in [3.05, 3.63) is 23.3 Å². The van der Waals surface area contributed by atoms with Crippen LogP contribution >= 0.6 is 11.3 Å². The van der Waals surface area contributed by atoms with Crippen molar-refractivity contribution in [1.82, 2.24) is 15.2 Å². The lowest BCUT2D eigenvalue weighted by molar-refractivity contribution is 1.10. The summed E-state index contributed by atoms with van der Waals surface area (Å²) in [7, 11) is 0. The SMILES string of the molecule is Cc1csc(-c2nc[nH]n2)c1. The second-order valence-corrected chi connectivity index (χ2v) is 3.22. The minimum absolute atomic E-state index is 0.781. The highest BCUT2D eigenvalue weighted by Gasteiger charge is 2.02. The number of nitrogens with one attached hydrogen (secondary N) is 1. The molecule has 11 heavy (non-hydrogen) atoms. The van der Waals surface area contributed by atoms with Crippen LogP contribution < -0.4 is 0 Å². The van der Waals surface area contributed by atoms with Crippen LogP contribution in [0.25, 0.3) is 10.7 Å². The number of hydrogen-bond donors (Lipinski definition) is 1. The van der Waals surface area contributed by atoms with E-state index in [0.29, 0.717) is 0 Å². The maximum atomic E-state index is 4.04. The molecule has 2 heterocycles. The fraction of sp³-hybridized carbons (Fsp3) is 0.143. The zero-order valence-corrected chi connectivity index (χ0v) is 6.85. The third-order valence-corrected chi connectivity index (χ3v) is 2.41. The Bertz CT molecular complexity index is 336. The molecule has 56 valence electrons. The fourth-order valence-electron chi connectivity index (χ4n) is 0.876. The number of aromatic nitrogens is 3. The highest BCUT2D eigenvalue weighted by molar-refractivity contribution is 7.13. The minimum atomic E-state index is 0.781. The summed E-state index contributed by atoms with van der Waals surface area (Å²) in [4.78, 5) is 5.16. The number of H-pyrrole nitrogens is 1. The molecule has 0 atom stereocenters. The zero-order chi connectivity index (χ0) is 7.68. The van der Waals surface area contributed by atoms with Gasteiger partial charge in [-0.2, -0.15) is 5.10 Å². The van der Waals surface area contributed by atoms with Gasteiger partial charge in [0.2, 0.25) is 0 Å². The Hall–Kier alpha value is -1.16. The van der Waals surface area contributed by atoms with Gasteiger partial charge in [0.1, 0.15) is 6.33 Å². The van der Waals surface area contributed by atoms with Gasteiger partial charge in [0.15, 0.2) is 5.82 Å². The highest BCUT2D eigenvalue weighted by Crippen LogP contribution is 2.22. The average Bonchev–Trinajstić information content (AvgIpc) is 2.55. The van der Waals surface area contributed by atoms with Crippen molar-refractivity contribution in [2.24, 2.45) is 0 Å².